The van der Waals surface area contributed by atoms with Gasteiger partial charge in [0.25, 0.3) is 0 Å². The Balaban J connectivity index is 0.00000312. The molecule has 0 aromatic carbocycles. The van der Waals surface area contributed by atoms with Crippen LogP contribution in [0, 0.1) is 5.41 Å². The van der Waals surface area contributed by atoms with Gasteiger partial charge in [-0.1, -0.05) is 0 Å². The first-order valence-corrected chi connectivity index (χ1v) is 15.3. The smallest absolute Gasteiger partial charge is 1.00 e. The van der Waals surface area contributed by atoms with Crippen molar-refractivity contribution in [3.05, 3.63) is 53.2 Å². The minimum atomic E-state index is -1.05. The SMILES string of the molecule is C=C(CC1=[C]([Zr+2][C]2=C(C)C(C)=C(C)C2(C)C)CC=C1)C[Si](C)(C)C.[Cl-].[Cl-]. The standard InChI is InChI=1S/C12H19Si.C10H15.2ClH.Zr/c1-11(10-13(2,3)4)9-12-7-5-6-8-12;1-7-6-10(4,5)9(3)8(7)2;;;/h5,7H,1,6,9-10H2,2-4H3;1-5H3;2*1H;/q;;;;+2/p-2. The first-order valence-electron chi connectivity index (χ1n) is 9.15. The van der Waals surface area contributed by atoms with E-state index in [1.807, 2.05) is 0 Å². The number of hydrogen-bond acceptors (Lipinski definition) is 0. The second-order valence-corrected chi connectivity index (χ2v) is 18.1. The molecule has 2 aliphatic carbocycles. The van der Waals surface area contributed by atoms with Crippen LogP contribution in [0.25, 0.3) is 0 Å². The first kappa shape index (κ1) is 26.4. The third-order valence-corrected chi connectivity index (χ3v) is 12.3. The van der Waals surface area contributed by atoms with Gasteiger partial charge >= 0.3 is 163 Å². The summed E-state index contributed by atoms with van der Waals surface area (Å²) in [7, 11) is -1.05. The van der Waals surface area contributed by atoms with Crippen LogP contribution in [0.3, 0.4) is 0 Å². The van der Waals surface area contributed by atoms with Crippen LogP contribution in [0.15, 0.2) is 53.2 Å². The molecule has 0 atom stereocenters. The molecule has 0 aromatic heterocycles. The summed E-state index contributed by atoms with van der Waals surface area (Å²) in [5.74, 6) is 0. The molecule has 0 aromatic rings. The van der Waals surface area contributed by atoms with Gasteiger partial charge in [0, 0.05) is 0 Å². The minimum absolute atomic E-state index is 0. The number of rotatable bonds is 6. The van der Waals surface area contributed by atoms with Gasteiger partial charge in [0.1, 0.15) is 0 Å². The monoisotopic (exact) mass is 486 g/mol. The molecule has 0 radical (unpaired) electrons. The third-order valence-electron chi connectivity index (χ3n) is 5.59. The van der Waals surface area contributed by atoms with Crippen LogP contribution < -0.4 is 24.8 Å². The normalized spacial score (nSPS) is 18.8. The van der Waals surface area contributed by atoms with E-state index in [1.54, 1.807) is 28.9 Å². The second-order valence-electron chi connectivity index (χ2n) is 9.27. The van der Waals surface area contributed by atoms with E-state index < -0.39 is 31.3 Å². The molecule has 144 valence electrons. The summed E-state index contributed by atoms with van der Waals surface area (Å²) in [5.41, 5.74) is 8.09. The van der Waals surface area contributed by atoms with Gasteiger partial charge < -0.3 is 24.8 Å². The molecule has 26 heavy (non-hydrogen) atoms. The molecular formula is C22H34Cl2SiZr. The van der Waals surface area contributed by atoms with Crippen LogP contribution in [0.1, 0.15) is 47.5 Å². The Bertz CT molecular complexity index is 685. The molecule has 0 amide bonds. The van der Waals surface area contributed by atoms with Crippen LogP contribution in [0.4, 0.5) is 0 Å². The summed E-state index contributed by atoms with van der Waals surface area (Å²) in [5, 5.41) is 0. The molecule has 0 saturated carbocycles. The Hall–Kier alpha value is 0.380. The van der Waals surface area contributed by atoms with Crippen molar-refractivity contribution in [1.82, 2.24) is 0 Å². The predicted molar refractivity (Wildman–Crippen MR) is 108 cm³/mol. The van der Waals surface area contributed by atoms with Gasteiger partial charge in [-0.15, -0.1) is 0 Å². The van der Waals surface area contributed by atoms with Gasteiger partial charge in [0.15, 0.2) is 0 Å². The van der Waals surface area contributed by atoms with Gasteiger partial charge in [-0.3, -0.25) is 0 Å². The fourth-order valence-electron chi connectivity index (χ4n) is 3.92. The Morgan fingerprint density at radius 1 is 1.12 bits per heavy atom. The van der Waals surface area contributed by atoms with Gasteiger partial charge in [0.2, 0.25) is 0 Å². The summed E-state index contributed by atoms with van der Waals surface area (Å²) >= 11 is -0.692. The van der Waals surface area contributed by atoms with E-state index in [2.05, 4.69) is 73.0 Å². The minimum Gasteiger partial charge on any atom is -1.00 e. The maximum Gasteiger partial charge on any atom is -1.00 e. The van der Waals surface area contributed by atoms with Crippen molar-refractivity contribution in [1.29, 1.82) is 0 Å². The Morgan fingerprint density at radius 2 is 1.69 bits per heavy atom. The van der Waals surface area contributed by atoms with Gasteiger partial charge in [0.05, 0.1) is 0 Å². The second kappa shape index (κ2) is 9.73. The van der Waals surface area contributed by atoms with Crippen molar-refractivity contribution in [2.24, 2.45) is 5.41 Å². The quantitative estimate of drug-likeness (QED) is 0.390. The van der Waals surface area contributed by atoms with Crippen LogP contribution in [-0.4, -0.2) is 8.07 Å². The van der Waals surface area contributed by atoms with Crippen molar-refractivity contribution < 1.29 is 48.0 Å². The van der Waals surface area contributed by atoms with Crippen molar-refractivity contribution in [2.75, 3.05) is 0 Å². The Morgan fingerprint density at radius 3 is 2.15 bits per heavy atom. The molecule has 0 heterocycles. The van der Waals surface area contributed by atoms with E-state index in [1.165, 1.54) is 18.0 Å². The van der Waals surface area contributed by atoms with Gasteiger partial charge in [-0.2, -0.15) is 0 Å². The molecule has 0 bridgehead atoms. The Kier molecular flexibility index (Phi) is 9.87. The topological polar surface area (TPSA) is 0 Å². The molecule has 0 aliphatic heterocycles. The molecule has 2 aliphatic rings. The van der Waals surface area contributed by atoms with E-state index in [0.29, 0.717) is 0 Å². The fourth-order valence-corrected chi connectivity index (χ4v) is 9.80. The summed E-state index contributed by atoms with van der Waals surface area (Å²) in [6.45, 7) is 23.6. The zero-order valence-electron chi connectivity index (χ0n) is 17.7. The zero-order valence-corrected chi connectivity index (χ0v) is 22.7. The summed E-state index contributed by atoms with van der Waals surface area (Å²) in [4.78, 5) is 0. The molecule has 0 N–H and O–H groups in total. The molecular weight excluding hydrogens is 454 g/mol. The van der Waals surface area contributed by atoms with E-state index in [-0.39, 0.29) is 30.2 Å². The van der Waals surface area contributed by atoms with Crippen LogP contribution in [0.2, 0.25) is 25.7 Å². The number of halogens is 2. The van der Waals surface area contributed by atoms with E-state index >= 15 is 0 Å². The molecule has 0 nitrogen and oxygen atoms in total. The van der Waals surface area contributed by atoms with E-state index in [4.69, 9.17) is 0 Å². The molecule has 0 spiro atoms. The van der Waals surface area contributed by atoms with Crippen molar-refractivity contribution in [2.45, 2.75) is 73.1 Å². The van der Waals surface area contributed by atoms with E-state index in [9.17, 15) is 0 Å². The third kappa shape index (κ3) is 5.94. The van der Waals surface area contributed by atoms with E-state index in [0.717, 1.165) is 6.42 Å². The zero-order chi connectivity index (χ0) is 18.3. The number of allylic oxidation sites excluding steroid dienone is 9. The summed E-state index contributed by atoms with van der Waals surface area (Å²) < 4.78 is 3.59. The van der Waals surface area contributed by atoms with Crippen molar-refractivity contribution in [3.63, 3.8) is 0 Å². The maximum atomic E-state index is 4.40. The van der Waals surface area contributed by atoms with Crippen LogP contribution in [-0.2, 0) is 23.2 Å². The fraction of sp³-hybridized carbons (Fsp3) is 0.545. The Labute approximate surface area is 186 Å². The molecule has 0 fully saturated rings. The summed E-state index contributed by atoms with van der Waals surface area (Å²) in [6.07, 6.45) is 7.11. The molecule has 0 unspecified atom stereocenters. The van der Waals surface area contributed by atoms with Crippen LogP contribution in [0.5, 0.6) is 0 Å². The van der Waals surface area contributed by atoms with Crippen molar-refractivity contribution in [3.8, 4) is 0 Å². The molecule has 0 saturated heterocycles. The van der Waals surface area contributed by atoms with Gasteiger partial charge in [-0.05, 0) is 0 Å². The first-order chi connectivity index (χ1) is 10.9. The number of hydrogen-bond donors (Lipinski definition) is 0. The average molecular weight is 489 g/mol. The van der Waals surface area contributed by atoms with Crippen molar-refractivity contribution >= 4 is 8.07 Å². The van der Waals surface area contributed by atoms with Crippen LogP contribution >= 0.6 is 0 Å². The molecule has 4 heteroatoms. The average Bonchev–Trinajstić information content (AvgIpc) is 2.91. The largest absolute Gasteiger partial charge is 1.00 e. The van der Waals surface area contributed by atoms with Gasteiger partial charge in [-0.25, -0.2) is 0 Å². The predicted octanol–water partition coefficient (Wildman–Crippen LogP) is 1.23. The molecule has 2 rings (SSSR count). The maximum absolute atomic E-state index is 4.40. The summed E-state index contributed by atoms with van der Waals surface area (Å²) in [6, 6.07) is 1.26.